The van der Waals surface area contributed by atoms with Crippen LogP contribution in [-0.4, -0.2) is 41.2 Å². The largest absolute Gasteiger partial charge is 0.380 e. The lowest BCUT2D eigenvalue weighted by Crippen LogP contribution is -2.31. The number of aromatic nitrogens is 2. The van der Waals surface area contributed by atoms with E-state index in [-0.39, 0.29) is 0 Å². The molecule has 0 spiro atoms. The van der Waals surface area contributed by atoms with Crippen molar-refractivity contribution in [3.05, 3.63) is 28.5 Å². The molecule has 1 fully saturated rings. The van der Waals surface area contributed by atoms with Crippen molar-refractivity contribution in [3.8, 4) is 0 Å². The van der Waals surface area contributed by atoms with Crippen molar-refractivity contribution in [1.29, 1.82) is 0 Å². The van der Waals surface area contributed by atoms with Crippen LogP contribution in [0.25, 0.3) is 11.0 Å². The minimum Gasteiger partial charge on any atom is -0.380 e. The summed E-state index contributed by atoms with van der Waals surface area (Å²) in [5, 5.41) is 0. The van der Waals surface area contributed by atoms with Gasteiger partial charge in [-0.15, -0.1) is 0 Å². The van der Waals surface area contributed by atoms with Crippen LogP contribution in [0.1, 0.15) is 12.2 Å². The number of hydrogen-bond acceptors (Lipinski definition) is 3. The quantitative estimate of drug-likeness (QED) is 0.947. The standard InChI is InChI=1S/C13H16BrN3O/c1-17(10-4-5-18-8-10)7-13-15-11-3-2-9(14)6-12(11)16-13/h2-3,6,10H,4-5,7-8H2,1H3,(H,15,16)/t10-/m0/s1. The summed E-state index contributed by atoms with van der Waals surface area (Å²) in [6, 6.07) is 6.62. The van der Waals surface area contributed by atoms with Gasteiger partial charge in [0.15, 0.2) is 0 Å². The first-order valence-corrected chi connectivity index (χ1v) is 6.94. The van der Waals surface area contributed by atoms with E-state index in [1.165, 1.54) is 0 Å². The van der Waals surface area contributed by atoms with Crippen molar-refractivity contribution in [1.82, 2.24) is 14.9 Å². The molecule has 96 valence electrons. The molecule has 1 atom stereocenters. The van der Waals surface area contributed by atoms with E-state index in [2.05, 4.69) is 43.9 Å². The SMILES string of the molecule is CN(Cc1nc2ccc(Br)cc2[nH]1)[C@H]1CCOC1. The van der Waals surface area contributed by atoms with Gasteiger partial charge in [0.05, 0.1) is 24.2 Å². The van der Waals surface area contributed by atoms with Crippen molar-refractivity contribution in [2.75, 3.05) is 20.3 Å². The van der Waals surface area contributed by atoms with Crippen LogP contribution in [0.3, 0.4) is 0 Å². The number of benzene rings is 1. The molecule has 18 heavy (non-hydrogen) atoms. The van der Waals surface area contributed by atoms with Crippen LogP contribution in [0.2, 0.25) is 0 Å². The van der Waals surface area contributed by atoms with Gasteiger partial charge in [0.1, 0.15) is 5.82 Å². The third-order valence-electron chi connectivity index (χ3n) is 3.42. The number of imidazole rings is 1. The Morgan fingerprint density at radius 1 is 1.56 bits per heavy atom. The topological polar surface area (TPSA) is 41.2 Å². The number of H-pyrrole nitrogens is 1. The molecular weight excluding hydrogens is 294 g/mol. The van der Waals surface area contributed by atoms with Crippen LogP contribution in [-0.2, 0) is 11.3 Å². The first-order valence-electron chi connectivity index (χ1n) is 6.14. The van der Waals surface area contributed by atoms with E-state index in [1.54, 1.807) is 0 Å². The molecule has 4 nitrogen and oxygen atoms in total. The van der Waals surface area contributed by atoms with Gasteiger partial charge in [0, 0.05) is 17.1 Å². The van der Waals surface area contributed by atoms with Crippen molar-refractivity contribution < 1.29 is 4.74 Å². The molecule has 0 bridgehead atoms. The molecule has 1 aromatic heterocycles. The zero-order valence-electron chi connectivity index (χ0n) is 10.3. The molecule has 0 aliphatic carbocycles. The minimum atomic E-state index is 0.518. The predicted molar refractivity (Wildman–Crippen MR) is 74.5 cm³/mol. The molecule has 2 heterocycles. The molecule has 0 saturated carbocycles. The van der Waals surface area contributed by atoms with Gasteiger partial charge in [-0.25, -0.2) is 4.98 Å². The molecule has 1 aliphatic heterocycles. The lowest BCUT2D eigenvalue weighted by molar-refractivity contribution is 0.155. The Kier molecular flexibility index (Phi) is 3.37. The lowest BCUT2D eigenvalue weighted by atomic mass is 10.2. The first-order chi connectivity index (χ1) is 8.72. The maximum Gasteiger partial charge on any atom is 0.121 e. The summed E-state index contributed by atoms with van der Waals surface area (Å²) in [5.41, 5.74) is 2.10. The van der Waals surface area contributed by atoms with Crippen LogP contribution < -0.4 is 0 Å². The van der Waals surface area contributed by atoms with Crippen molar-refractivity contribution >= 4 is 27.0 Å². The summed E-state index contributed by atoms with van der Waals surface area (Å²) in [4.78, 5) is 10.3. The van der Waals surface area contributed by atoms with Gasteiger partial charge >= 0.3 is 0 Å². The predicted octanol–water partition coefficient (Wildman–Crippen LogP) is 2.55. The second kappa shape index (κ2) is 4.99. The molecular formula is C13H16BrN3O. The number of likely N-dealkylation sites (N-methyl/N-ethyl adjacent to an activating group) is 1. The van der Waals surface area contributed by atoms with Gasteiger partial charge in [-0.2, -0.15) is 0 Å². The van der Waals surface area contributed by atoms with E-state index >= 15 is 0 Å². The highest BCUT2D eigenvalue weighted by Crippen LogP contribution is 2.19. The number of rotatable bonds is 3. The van der Waals surface area contributed by atoms with Gasteiger partial charge in [-0.1, -0.05) is 15.9 Å². The number of fused-ring (bicyclic) bond motifs is 1. The van der Waals surface area contributed by atoms with Crippen LogP contribution in [0.15, 0.2) is 22.7 Å². The van der Waals surface area contributed by atoms with Gasteiger partial charge in [-0.3, -0.25) is 4.90 Å². The maximum absolute atomic E-state index is 5.41. The summed E-state index contributed by atoms with van der Waals surface area (Å²) >= 11 is 3.47. The fourth-order valence-corrected chi connectivity index (χ4v) is 2.71. The summed E-state index contributed by atoms with van der Waals surface area (Å²) in [5.74, 6) is 1.01. The van der Waals surface area contributed by atoms with Gasteiger partial charge in [0.2, 0.25) is 0 Å². The fourth-order valence-electron chi connectivity index (χ4n) is 2.34. The van der Waals surface area contributed by atoms with E-state index in [9.17, 15) is 0 Å². The van der Waals surface area contributed by atoms with Crippen LogP contribution >= 0.6 is 15.9 Å². The monoisotopic (exact) mass is 309 g/mol. The molecule has 5 heteroatoms. The normalized spacial score (nSPS) is 20.1. The fraction of sp³-hybridized carbons (Fsp3) is 0.462. The molecule has 3 rings (SSSR count). The van der Waals surface area contributed by atoms with Gasteiger partial charge in [0.25, 0.3) is 0 Å². The summed E-state index contributed by atoms with van der Waals surface area (Å²) in [7, 11) is 2.13. The Hall–Kier alpha value is -0.910. The lowest BCUT2D eigenvalue weighted by Gasteiger charge is -2.21. The Balaban J connectivity index is 1.77. The van der Waals surface area contributed by atoms with E-state index in [0.29, 0.717) is 6.04 Å². The number of hydrogen-bond donors (Lipinski definition) is 1. The van der Waals surface area contributed by atoms with Crippen molar-refractivity contribution in [2.24, 2.45) is 0 Å². The number of nitrogens with zero attached hydrogens (tertiary/aromatic N) is 2. The van der Waals surface area contributed by atoms with E-state index in [1.807, 2.05) is 12.1 Å². The van der Waals surface area contributed by atoms with E-state index in [0.717, 1.165) is 47.5 Å². The average Bonchev–Trinajstić information content (AvgIpc) is 2.95. The smallest absolute Gasteiger partial charge is 0.121 e. The Morgan fingerprint density at radius 3 is 3.22 bits per heavy atom. The second-order valence-electron chi connectivity index (χ2n) is 4.78. The van der Waals surface area contributed by atoms with Crippen molar-refractivity contribution in [2.45, 2.75) is 19.0 Å². The molecule has 0 unspecified atom stereocenters. The molecule has 1 aliphatic rings. The average molecular weight is 310 g/mol. The molecule has 0 amide bonds. The highest BCUT2D eigenvalue weighted by molar-refractivity contribution is 9.10. The molecule has 0 radical (unpaired) electrons. The Bertz CT molecular complexity index is 548. The van der Waals surface area contributed by atoms with Crippen LogP contribution in [0.5, 0.6) is 0 Å². The Labute approximate surface area is 114 Å². The molecule has 1 aromatic carbocycles. The summed E-state index contributed by atoms with van der Waals surface area (Å²) in [6.07, 6.45) is 1.11. The van der Waals surface area contributed by atoms with Crippen molar-refractivity contribution in [3.63, 3.8) is 0 Å². The number of aromatic amines is 1. The van der Waals surface area contributed by atoms with E-state index < -0.39 is 0 Å². The van der Waals surface area contributed by atoms with Gasteiger partial charge in [-0.05, 0) is 31.7 Å². The number of ether oxygens (including phenoxy) is 1. The summed E-state index contributed by atoms with van der Waals surface area (Å²) in [6.45, 7) is 2.55. The highest BCUT2D eigenvalue weighted by atomic mass is 79.9. The minimum absolute atomic E-state index is 0.518. The summed E-state index contributed by atoms with van der Waals surface area (Å²) < 4.78 is 6.48. The third-order valence-corrected chi connectivity index (χ3v) is 3.91. The molecule has 1 saturated heterocycles. The zero-order chi connectivity index (χ0) is 12.5. The Morgan fingerprint density at radius 2 is 2.44 bits per heavy atom. The van der Waals surface area contributed by atoms with Gasteiger partial charge < -0.3 is 9.72 Å². The maximum atomic E-state index is 5.41. The first kappa shape index (κ1) is 12.1. The molecule has 1 N–H and O–H groups in total. The van der Waals surface area contributed by atoms with E-state index in [4.69, 9.17) is 4.74 Å². The van der Waals surface area contributed by atoms with Crippen LogP contribution in [0.4, 0.5) is 0 Å². The second-order valence-corrected chi connectivity index (χ2v) is 5.69. The van der Waals surface area contributed by atoms with Crippen LogP contribution in [0, 0.1) is 0 Å². The highest BCUT2D eigenvalue weighted by Gasteiger charge is 2.21. The number of nitrogens with one attached hydrogen (secondary N) is 1. The third kappa shape index (κ3) is 2.43. The number of halogens is 1. The molecule has 2 aromatic rings. The zero-order valence-corrected chi connectivity index (χ0v) is 11.9.